The van der Waals surface area contributed by atoms with Crippen LogP contribution < -0.4 is 5.43 Å². The van der Waals surface area contributed by atoms with Crippen molar-refractivity contribution in [2.45, 2.75) is 6.42 Å². The number of rotatable bonds is 4. The highest BCUT2D eigenvalue weighted by Crippen LogP contribution is 2.52. The molecule has 1 heterocycles. The van der Waals surface area contributed by atoms with Crippen molar-refractivity contribution in [3.63, 3.8) is 0 Å². The first-order chi connectivity index (χ1) is 11.9. The van der Waals surface area contributed by atoms with Crippen molar-refractivity contribution in [2.24, 2.45) is 23.7 Å². The lowest BCUT2D eigenvalue weighted by molar-refractivity contribution is -0.393. The number of hydrazine groups is 1. The van der Waals surface area contributed by atoms with E-state index >= 15 is 0 Å². The molecule has 2 aliphatic carbocycles. The summed E-state index contributed by atoms with van der Waals surface area (Å²) in [6.45, 7) is 0. The Morgan fingerprint density at radius 3 is 2.12 bits per heavy atom. The molecular weight excluding hydrogens is 332 g/mol. The Morgan fingerprint density at radius 1 is 1.00 bits per heavy atom. The fraction of sp³-hybridized carbons (Fsp3) is 0.333. The van der Waals surface area contributed by atoms with E-state index < -0.39 is 44.9 Å². The number of nitrogens with zero attached hydrogens (tertiary/aromatic N) is 3. The highest BCUT2D eigenvalue weighted by molar-refractivity contribution is 6.07. The molecule has 0 radical (unpaired) electrons. The van der Waals surface area contributed by atoms with E-state index in [1.54, 1.807) is 0 Å². The van der Waals surface area contributed by atoms with Gasteiger partial charge in [-0.2, -0.15) is 5.01 Å². The summed E-state index contributed by atoms with van der Waals surface area (Å²) < 4.78 is 0. The Morgan fingerprint density at radius 2 is 1.60 bits per heavy atom. The summed E-state index contributed by atoms with van der Waals surface area (Å²) in [7, 11) is 0. The molecule has 2 bridgehead atoms. The number of imide groups is 1. The Balaban J connectivity index is 1.65. The van der Waals surface area contributed by atoms with Crippen LogP contribution in [0.4, 0.5) is 17.1 Å². The summed E-state index contributed by atoms with van der Waals surface area (Å²) in [5, 5.41) is 22.8. The van der Waals surface area contributed by atoms with E-state index in [1.165, 1.54) is 0 Å². The van der Waals surface area contributed by atoms with Crippen LogP contribution in [-0.4, -0.2) is 26.7 Å². The summed E-state index contributed by atoms with van der Waals surface area (Å²) in [6.07, 6.45) is 4.65. The van der Waals surface area contributed by atoms with Crippen molar-refractivity contribution >= 4 is 28.9 Å². The number of allylic oxidation sites excluding steroid dienone is 2. The second-order valence-electron chi connectivity index (χ2n) is 6.34. The topological polar surface area (TPSA) is 136 Å². The molecular formula is C15H12N4O6. The van der Waals surface area contributed by atoms with Crippen LogP contribution in [-0.2, 0) is 9.59 Å². The van der Waals surface area contributed by atoms with Crippen molar-refractivity contribution in [3.8, 4) is 0 Å². The zero-order chi connectivity index (χ0) is 17.9. The van der Waals surface area contributed by atoms with Crippen LogP contribution in [0.5, 0.6) is 0 Å². The van der Waals surface area contributed by atoms with Gasteiger partial charge in [-0.3, -0.25) is 35.2 Å². The molecule has 1 saturated heterocycles. The van der Waals surface area contributed by atoms with E-state index in [0.717, 1.165) is 29.6 Å². The molecule has 1 aromatic carbocycles. The van der Waals surface area contributed by atoms with Crippen LogP contribution in [0.3, 0.4) is 0 Å². The zero-order valence-electron chi connectivity index (χ0n) is 12.7. The molecule has 4 atom stereocenters. The molecule has 2 fully saturated rings. The van der Waals surface area contributed by atoms with Crippen molar-refractivity contribution in [1.29, 1.82) is 0 Å². The lowest BCUT2D eigenvalue weighted by Gasteiger charge is -2.19. The van der Waals surface area contributed by atoms with Crippen LogP contribution in [0, 0.1) is 43.9 Å². The predicted molar refractivity (Wildman–Crippen MR) is 82.9 cm³/mol. The molecule has 1 aliphatic heterocycles. The molecule has 3 aliphatic rings. The summed E-state index contributed by atoms with van der Waals surface area (Å²) >= 11 is 0. The number of nitrogens with one attached hydrogen (secondary N) is 1. The molecule has 10 heteroatoms. The molecule has 25 heavy (non-hydrogen) atoms. The number of fused-ring (bicyclic) bond motifs is 5. The van der Waals surface area contributed by atoms with Crippen LogP contribution in [0.1, 0.15) is 6.42 Å². The van der Waals surface area contributed by atoms with Gasteiger partial charge in [-0.05, 0) is 24.3 Å². The number of hydrogen-bond donors (Lipinski definition) is 1. The quantitative estimate of drug-likeness (QED) is 0.379. The van der Waals surface area contributed by atoms with Gasteiger partial charge < -0.3 is 0 Å². The fourth-order valence-corrected chi connectivity index (χ4v) is 4.01. The first-order valence-electron chi connectivity index (χ1n) is 7.64. The lowest BCUT2D eigenvalue weighted by atomic mass is 9.85. The van der Waals surface area contributed by atoms with Gasteiger partial charge in [0.05, 0.1) is 27.7 Å². The smallest absolute Gasteiger partial charge is 0.282 e. The van der Waals surface area contributed by atoms with E-state index in [4.69, 9.17) is 0 Å². The van der Waals surface area contributed by atoms with Crippen molar-refractivity contribution in [2.75, 3.05) is 5.43 Å². The van der Waals surface area contributed by atoms with Gasteiger partial charge in [0.25, 0.3) is 17.5 Å². The van der Waals surface area contributed by atoms with Gasteiger partial charge >= 0.3 is 5.69 Å². The maximum atomic E-state index is 12.6. The lowest BCUT2D eigenvalue weighted by Crippen LogP contribution is -2.38. The number of amides is 2. The summed E-state index contributed by atoms with van der Waals surface area (Å²) in [4.78, 5) is 45.6. The molecule has 128 valence electrons. The van der Waals surface area contributed by atoms with Crippen LogP contribution in [0.2, 0.25) is 0 Å². The Bertz CT molecular complexity index is 836. The third-order valence-electron chi connectivity index (χ3n) is 5.09. The third kappa shape index (κ3) is 2.10. The molecule has 1 saturated carbocycles. The van der Waals surface area contributed by atoms with Gasteiger partial charge in [-0.25, -0.2) is 0 Å². The van der Waals surface area contributed by atoms with Crippen molar-refractivity contribution in [3.05, 3.63) is 50.6 Å². The molecule has 10 nitrogen and oxygen atoms in total. The Labute approximate surface area is 140 Å². The first kappa shape index (κ1) is 15.2. The van der Waals surface area contributed by atoms with Crippen LogP contribution >= 0.6 is 0 Å². The molecule has 0 unspecified atom stereocenters. The largest absolute Gasteiger partial charge is 0.300 e. The molecule has 0 spiro atoms. The molecule has 0 aromatic heterocycles. The Hall–Kier alpha value is -3.30. The van der Waals surface area contributed by atoms with Gasteiger partial charge in [0.1, 0.15) is 5.69 Å². The number of nitro groups is 2. The van der Waals surface area contributed by atoms with E-state index in [0.29, 0.717) is 0 Å². The van der Waals surface area contributed by atoms with E-state index in [-0.39, 0.29) is 17.5 Å². The second-order valence-corrected chi connectivity index (χ2v) is 6.34. The number of nitro benzene ring substituents is 2. The van der Waals surface area contributed by atoms with Gasteiger partial charge in [0.2, 0.25) is 0 Å². The van der Waals surface area contributed by atoms with Crippen LogP contribution in [0.15, 0.2) is 30.4 Å². The highest BCUT2D eigenvalue weighted by atomic mass is 16.6. The monoisotopic (exact) mass is 344 g/mol. The van der Waals surface area contributed by atoms with Crippen LogP contribution in [0.25, 0.3) is 0 Å². The third-order valence-corrected chi connectivity index (χ3v) is 5.09. The number of carbonyl (C=O) groups excluding carboxylic acids is 2. The first-order valence-corrected chi connectivity index (χ1v) is 7.64. The standard InChI is InChI=1S/C15H12N4O6/c20-14-12-7-1-2-8(5-7)13(12)15(21)17(14)16-10-4-3-9(18(22)23)6-11(10)19(24)25/h1-4,6-8,12-13,16H,5H2/t7-,8-,12+,13+/m1/s1. The molecule has 2 amide bonds. The number of benzene rings is 1. The van der Waals surface area contributed by atoms with Gasteiger partial charge in [0, 0.05) is 6.07 Å². The maximum Gasteiger partial charge on any atom is 0.300 e. The minimum Gasteiger partial charge on any atom is -0.282 e. The normalized spacial score (nSPS) is 29.2. The average molecular weight is 344 g/mol. The van der Waals surface area contributed by atoms with E-state index in [1.807, 2.05) is 12.2 Å². The molecule has 1 aromatic rings. The van der Waals surface area contributed by atoms with Crippen molar-refractivity contribution in [1.82, 2.24) is 5.01 Å². The van der Waals surface area contributed by atoms with Gasteiger partial charge in [0.15, 0.2) is 0 Å². The predicted octanol–water partition coefficient (Wildman–Crippen LogP) is 1.64. The summed E-state index contributed by atoms with van der Waals surface area (Å²) in [5.41, 5.74) is 1.33. The van der Waals surface area contributed by atoms with Crippen molar-refractivity contribution < 1.29 is 19.4 Å². The Kier molecular flexibility index (Phi) is 3.11. The summed E-state index contributed by atoms with van der Waals surface area (Å²) in [6, 6.07) is 2.99. The SMILES string of the molecule is O=C1[C@@H]2[C@@H](C(=O)N1Nc1ccc([N+](=O)[O-])cc1[N+](=O)[O-])[C@@H]1C=C[C@@H]2C1. The molecule has 4 rings (SSSR count). The number of carbonyl (C=O) groups is 2. The summed E-state index contributed by atoms with van der Waals surface area (Å²) in [5.74, 6) is -1.67. The highest BCUT2D eigenvalue weighted by Gasteiger charge is 2.59. The average Bonchev–Trinajstić information content (AvgIpc) is 3.24. The minimum atomic E-state index is -0.799. The maximum absolute atomic E-state index is 12.6. The van der Waals surface area contributed by atoms with Gasteiger partial charge in [-0.1, -0.05) is 12.2 Å². The number of non-ortho nitro benzene ring substituents is 1. The number of hydrogen-bond acceptors (Lipinski definition) is 7. The minimum absolute atomic E-state index is 0.0186. The van der Waals surface area contributed by atoms with Gasteiger partial charge in [-0.15, -0.1) is 0 Å². The number of anilines is 1. The molecule has 1 N–H and O–H groups in total. The zero-order valence-corrected chi connectivity index (χ0v) is 12.7. The second kappa shape index (κ2) is 5.10. The van der Waals surface area contributed by atoms with E-state index in [2.05, 4.69) is 5.43 Å². The fourth-order valence-electron chi connectivity index (χ4n) is 4.01. The van der Waals surface area contributed by atoms with E-state index in [9.17, 15) is 29.8 Å².